The molecule has 0 atom stereocenters. The first-order valence-electron chi connectivity index (χ1n) is 13.9. The van der Waals surface area contributed by atoms with Crippen LogP contribution in [0.3, 0.4) is 0 Å². The Kier molecular flexibility index (Phi) is 13.2. The SMILES string of the molecule is CCC(CC)C(=O)/C=C(\O)C(CC)CC.[2H]c1cc2cc(C(C)C)ccc2c(-c2[c-]c(C)cc(C)c2)n1.[Ir]. The van der Waals surface area contributed by atoms with Gasteiger partial charge in [-0.2, -0.15) is 0 Å². The molecule has 0 aliphatic carbocycles. The van der Waals surface area contributed by atoms with E-state index in [1.54, 1.807) is 0 Å². The maximum Gasteiger partial charge on any atom is 0.162 e. The summed E-state index contributed by atoms with van der Waals surface area (Å²) in [5.41, 5.74) is 5.39. The topological polar surface area (TPSA) is 50.2 Å². The summed E-state index contributed by atoms with van der Waals surface area (Å²) in [6, 6.07) is 15.9. The molecule has 0 saturated carbocycles. The van der Waals surface area contributed by atoms with Crippen molar-refractivity contribution in [3.8, 4) is 11.3 Å². The summed E-state index contributed by atoms with van der Waals surface area (Å²) in [7, 11) is 0. The van der Waals surface area contributed by atoms with Crippen LogP contribution in [0.5, 0.6) is 0 Å². The van der Waals surface area contributed by atoms with Gasteiger partial charge in [-0.25, -0.2) is 0 Å². The van der Waals surface area contributed by atoms with Crippen molar-refractivity contribution in [2.75, 3.05) is 0 Å². The van der Waals surface area contributed by atoms with E-state index in [0.29, 0.717) is 12.1 Å². The Morgan fingerprint density at radius 3 is 2.16 bits per heavy atom. The Bertz CT molecular complexity index is 1210. The Morgan fingerprint density at radius 2 is 1.62 bits per heavy atom. The van der Waals surface area contributed by atoms with Crippen LogP contribution in [-0.2, 0) is 24.9 Å². The first kappa shape index (κ1) is 30.9. The van der Waals surface area contributed by atoms with Crippen LogP contribution < -0.4 is 0 Å². The van der Waals surface area contributed by atoms with Gasteiger partial charge in [-0.15, -0.1) is 34.9 Å². The zero-order valence-electron chi connectivity index (χ0n) is 24.7. The van der Waals surface area contributed by atoms with Crippen molar-refractivity contribution in [1.29, 1.82) is 0 Å². The summed E-state index contributed by atoms with van der Waals surface area (Å²) in [5.74, 6) is 1.02. The molecular formula is C33H44IrNO2-. The molecule has 0 unspecified atom stereocenters. The molecule has 0 aliphatic heterocycles. The first-order valence-corrected chi connectivity index (χ1v) is 13.4. The van der Waals surface area contributed by atoms with Crippen molar-refractivity contribution in [3.05, 3.63) is 77.2 Å². The number of benzene rings is 2. The molecule has 0 amide bonds. The Labute approximate surface area is 239 Å². The molecule has 3 aromatic rings. The van der Waals surface area contributed by atoms with Crippen molar-refractivity contribution >= 4 is 16.6 Å². The second kappa shape index (κ2) is 15.8. The molecule has 37 heavy (non-hydrogen) atoms. The van der Waals surface area contributed by atoms with Gasteiger partial charge in [0.05, 0.1) is 7.13 Å². The largest absolute Gasteiger partial charge is 0.512 e. The standard InChI is InChI=1S/C20H20N.C13H24O2.Ir/c1-13(2)16-5-6-19-17(12-16)7-8-21-20(19)18-10-14(3)9-15(4)11-18;1-5-10(6-2)12(14)9-13(15)11(7-3)8-4;/h5-10,12-13H,1-4H3;9-11,14H,5-8H2,1-4H3;/q-1;;/b;12-9-;/i8D;;. The normalized spacial score (nSPS) is 11.9. The van der Waals surface area contributed by atoms with Gasteiger partial charge in [-0.3, -0.25) is 4.79 Å². The number of nitrogens with zero attached hydrogens (tertiary/aromatic N) is 1. The maximum atomic E-state index is 11.7. The van der Waals surface area contributed by atoms with Crippen LogP contribution in [0.1, 0.15) is 91.2 Å². The molecule has 3 nitrogen and oxygen atoms in total. The number of carbonyl (C=O) groups is 1. The van der Waals surface area contributed by atoms with Gasteiger partial charge in [0.2, 0.25) is 0 Å². The van der Waals surface area contributed by atoms with Crippen LogP contribution >= 0.6 is 0 Å². The fraction of sp³-hybridized carbons (Fsp3) is 0.455. The van der Waals surface area contributed by atoms with E-state index in [0.717, 1.165) is 53.3 Å². The second-order valence-corrected chi connectivity index (χ2v) is 9.99. The molecule has 0 aliphatic rings. The summed E-state index contributed by atoms with van der Waals surface area (Å²) in [4.78, 5) is 16.2. The van der Waals surface area contributed by atoms with Crippen LogP contribution in [-0.4, -0.2) is 15.9 Å². The van der Waals surface area contributed by atoms with Crippen molar-refractivity contribution in [2.45, 2.75) is 87.0 Å². The van der Waals surface area contributed by atoms with Gasteiger partial charge in [0, 0.05) is 44.2 Å². The molecule has 1 heterocycles. The number of carbonyl (C=O) groups excluding carboxylic acids is 1. The van der Waals surface area contributed by atoms with Gasteiger partial charge < -0.3 is 10.1 Å². The van der Waals surface area contributed by atoms with Crippen molar-refractivity contribution in [3.63, 3.8) is 0 Å². The maximum absolute atomic E-state index is 11.7. The predicted molar refractivity (Wildman–Crippen MR) is 153 cm³/mol. The quantitative estimate of drug-likeness (QED) is 0.139. The minimum atomic E-state index is 0. The van der Waals surface area contributed by atoms with Gasteiger partial charge in [0.1, 0.15) is 0 Å². The smallest absolute Gasteiger partial charge is 0.162 e. The number of hydrogen-bond donors (Lipinski definition) is 1. The Hall–Kier alpha value is -2.29. The Balaban J connectivity index is 0.000000401. The van der Waals surface area contributed by atoms with E-state index in [4.69, 9.17) is 1.37 Å². The predicted octanol–water partition coefficient (Wildman–Crippen LogP) is 9.31. The summed E-state index contributed by atoms with van der Waals surface area (Å²) < 4.78 is 8.03. The van der Waals surface area contributed by atoms with E-state index in [1.807, 2.05) is 40.7 Å². The van der Waals surface area contributed by atoms with E-state index >= 15 is 0 Å². The summed E-state index contributed by atoms with van der Waals surface area (Å²) in [5, 5.41) is 11.9. The number of pyridine rings is 1. The van der Waals surface area contributed by atoms with Gasteiger partial charge >= 0.3 is 0 Å². The third-order valence-electron chi connectivity index (χ3n) is 6.88. The molecule has 1 N–H and O–H groups in total. The molecular weight excluding hydrogens is 635 g/mol. The van der Waals surface area contributed by atoms with Gasteiger partial charge in [-0.1, -0.05) is 73.6 Å². The first-order chi connectivity index (χ1) is 17.5. The van der Waals surface area contributed by atoms with E-state index < -0.39 is 0 Å². The van der Waals surface area contributed by atoms with E-state index in [9.17, 15) is 9.90 Å². The van der Waals surface area contributed by atoms with Gasteiger partial charge in [0.25, 0.3) is 0 Å². The molecule has 1 aromatic heterocycles. The Morgan fingerprint density at radius 1 is 1.00 bits per heavy atom. The molecule has 2 aromatic carbocycles. The molecule has 0 spiro atoms. The summed E-state index contributed by atoms with van der Waals surface area (Å²) >= 11 is 0. The molecule has 0 fully saturated rings. The van der Waals surface area contributed by atoms with Crippen molar-refractivity contribution < 1.29 is 31.4 Å². The molecule has 0 saturated heterocycles. The third kappa shape index (κ3) is 9.20. The van der Waals surface area contributed by atoms with Crippen LogP contribution in [0.15, 0.2) is 54.4 Å². The fourth-order valence-corrected chi connectivity index (χ4v) is 4.51. The number of ketones is 1. The van der Waals surface area contributed by atoms with Crippen LogP contribution in [0.25, 0.3) is 22.0 Å². The molecule has 0 bridgehead atoms. The fourth-order valence-electron chi connectivity index (χ4n) is 4.51. The molecule has 203 valence electrons. The van der Waals surface area contributed by atoms with E-state index in [1.165, 1.54) is 17.2 Å². The van der Waals surface area contributed by atoms with Crippen molar-refractivity contribution in [2.24, 2.45) is 11.8 Å². The van der Waals surface area contributed by atoms with Gasteiger partial charge in [0.15, 0.2) is 5.78 Å². The number of rotatable bonds is 9. The van der Waals surface area contributed by atoms with Crippen LogP contribution in [0.4, 0.5) is 0 Å². The minimum absolute atomic E-state index is 0. The number of aromatic nitrogens is 1. The molecule has 3 rings (SSSR count). The summed E-state index contributed by atoms with van der Waals surface area (Å²) in [6.07, 6.45) is 5.21. The van der Waals surface area contributed by atoms with Crippen molar-refractivity contribution in [1.82, 2.24) is 4.98 Å². The number of aliphatic hydroxyl groups is 1. The van der Waals surface area contributed by atoms with E-state index in [-0.39, 0.29) is 43.5 Å². The number of aryl methyl sites for hydroxylation is 2. The molecule has 4 heteroatoms. The molecule has 1 radical (unpaired) electrons. The zero-order chi connectivity index (χ0) is 27.7. The number of allylic oxidation sites excluding steroid dienone is 2. The zero-order valence-corrected chi connectivity index (χ0v) is 26.1. The second-order valence-electron chi connectivity index (χ2n) is 9.99. The number of aliphatic hydroxyl groups excluding tert-OH is 1. The van der Waals surface area contributed by atoms with E-state index in [2.05, 4.69) is 62.2 Å². The van der Waals surface area contributed by atoms with Crippen LogP contribution in [0.2, 0.25) is 0 Å². The third-order valence-corrected chi connectivity index (χ3v) is 6.88. The number of fused-ring (bicyclic) bond motifs is 1. The summed E-state index contributed by atoms with van der Waals surface area (Å²) in [6.45, 7) is 16.6. The number of hydrogen-bond acceptors (Lipinski definition) is 3. The van der Waals surface area contributed by atoms with Crippen LogP contribution in [0, 0.1) is 31.7 Å². The monoisotopic (exact) mass is 680 g/mol. The average Bonchev–Trinajstić information content (AvgIpc) is 2.84. The minimum Gasteiger partial charge on any atom is -0.512 e. The van der Waals surface area contributed by atoms with Gasteiger partial charge in [-0.05, 0) is 59.7 Å². The average molecular weight is 680 g/mol.